The van der Waals surface area contributed by atoms with Crippen LogP contribution in [0, 0.1) is 0 Å². The SMILES string of the molecule is CNC(C)CCc1sccc1Cl. The summed E-state index contributed by atoms with van der Waals surface area (Å²) in [5, 5.41) is 6.17. The lowest BCUT2D eigenvalue weighted by molar-refractivity contribution is 0.567. The van der Waals surface area contributed by atoms with Crippen molar-refractivity contribution in [3.8, 4) is 0 Å². The largest absolute Gasteiger partial charge is 0.317 e. The standard InChI is InChI=1S/C9H14ClNS/c1-7(11-2)3-4-9-8(10)5-6-12-9/h5-7,11H,3-4H2,1-2H3. The van der Waals surface area contributed by atoms with Crippen LogP contribution in [0.15, 0.2) is 11.4 Å². The molecule has 0 fully saturated rings. The van der Waals surface area contributed by atoms with Crippen molar-refractivity contribution in [2.45, 2.75) is 25.8 Å². The van der Waals surface area contributed by atoms with E-state index in [9.17, 15) is 0 Å². The zero-order chi connectivity index (χ0) is 8.97. The van der Waals surface area contributed by atoms with Crippen LogP contribution in [0.25, 0.3) is 0 Å². The van der Waals surface area contributed by atoms with E-state index in [-0.39, 0.29) is 0 Å². The molecule has 1 aromatic heterocycles. The molecule has 1 unspecified atom stereocenters. The second-order valence-corrected chi connectivity index (χ2v) is 4.33. The molecule has 0 saturated carbocycles. The fourth-order valence-electron chi connectivity index (χ4n) is 0.995. The van der Waals surface area contributed by atoms with Crippen molar-refractivity contribution in [2.24, 2.45) is 0 Å². The summed E-state index contributed by atoms with van der Waals surface area (Å²) >= 11 is 7.70. The number of aryl methyl sites for hydroxylation is 1. The molecule has 68 valence electrons. The van der Waals surface area contributed by atoms with Gasteiger partial charge in [-0.05, 0) is 38.3 Å². The first-order valence-electron chi connectivity index (χ1n) is 4.13. The van der Waals surface area contributed by atoms with Crippen molar-refractivity contribution < 1.29 is 0 Å². The molecule has 0 aliphatic rings. The molecule has 1 N–H and O–H groups in total. The summed E-state index contributed by atoms with van der Waals surface area (Å²) in [6, 6.07) is 2.54. The van der Waals surface area contributed by atoms with Crippen LogP contribution in [-0.2, 0) is 6.42 Å². The highest BCUT2D eigenvalue weighted by Crippen LogP contribution is 2.23. The highest BCUT2D eigenvalue weighted by Gasteiger charge is 2.03. The van der Waals surface area contributed by atoms with Gasteiger partial charge in [0, 0.05) is 10.9 Å². The molecule has 3 heteroatoms. The number of hydrogen-bond acceptors (Lipinski definition) is 2. The number of rotatable bonds is 4. The Morgan fingerprint density at radius 2 is 2.42 bits per heavy atom. The molecule has 1 rings (SSSR count). The van der Waals surface area contributed by atoms with Crippen molar-refractivity contribution in [3.05, 3.63) is 21.3 Å². The second kappa shape index (κ2) is 4.85. The van der Waals surface area contributed by atoms with Gasteiger partial charge >= 0.3 is 0 Å². The summed E-state index contributed by atoms with van der Waals surface area (Å²) < 4.78 is 0. The fourth-order valence-corrected chi connectivity index (χ4v) is 2.15. The number of thiophene rings is 1. The molecule has 1 nitrogen and oxygen atoms in total. The molecule has 0 aliphatic heterocycles. The highest BCUT2D eigenvalue weighted by atomic mass is 35.5. The first-order chi connectivity index (χ1) is 5.74. The predicted octanol–water partition coefficient (Wildman–Crippen LogP) is 2.94. The van der Waals surface area contributed by atoms with Gasteiger partial charge in [0.2, 0.25) is 0 Å². The third-order valence-corrected chi connectivity index (χ3v) is 3.44. The van der Waals surface area contributed by atoms with E-state index in [4.69, 9.17) is 11.6 Å². The van der Waals surface area contributed by atoms with Crippen LogP contribution in [0.3, 0.4) is 0 Å². The van der Waals surface area contributed by atoms with E-state index in [1.54, 1.807) is 11.3 Å². The van der Waals surface area contributed by atoms with Crippen LogP contribution < -0.4 is 5.32 Å². The molecule has 0 spiro atoms. The second-order valence-electron chi connectivity index (χ2n) is 2.92. The molecule has 12 heavy (non-hydrogen) atoms. The Labute approximate surface area is 82.7 Å². The maximum atomic E-state index is 5.96. The summed E-state index contributed by atoms with van der Waals surface area (Å²) in [7, 11) is 1.99. The summed E-state index contributed by atoms with van der Waals surface area (Å²) in [5.41, 5.74) is 0. The van der Waals surface area contributed by atoms with E-state index in [2.05, 4.69) is 12.2 Å². The zero-order valence-electron chi connectivity index (χ0n) is 7.43. The van der Waals surface area contributed by atoms with Gasteiger partial charge in [0.1, 0.15) is 0 Å². The summed E-state index contributed by atoms with van der Waals surface area (Å²) in [4.78, 5) is 1.30. The van der Waals surface area contributed by atoms with Gasteiger partial charge in [-0.25, -0.2) is 0 Å². The van der Waals surface area contributed by atoms with Crippen LogP contribution in [-0.4, -0.2) is 13.1 Å². The number of nitrogens with one attached hydrogen (secondary N) is 1. The van der Waals surface area contributed by atoms with E-state index in [1.165, 1.54) is 4.88 Å². The number of hydrogen-bond donors (Lipinski definition) is 1. The van der Waals surface area contributed by atoms with Crippen molar-refractivity contribution >= 4 is 22.9 Å². The smallest absolute Gasteiger partial charge is 0.0544 e. The monoisotopic (exact) mass is 203 g/mol. The average molecular weight is 204 g/mol. The van der Waals surface area contributed by atoms with E-state index in [0.717, 1.165) is 17.9 Å². The lowest BCUT2D eigenvalue weighted by Gasteiger charge is -2.08. The van der Waals surface area contributed by atoms with Crippen LogP contribution in [0.4, 0.5) is 0 Å². The first kappa shape index (κ1) is 10.0. The maximum absolute atomic E-state index is 5.96. The van der Waals surface area contributed by atoms with Gasteiger partial charge in [-0.15, -0.1) is 11.3 Å². The van der Waals surface area contributed by atoms with Crippen LogP contribution in [0.5, 0.6) is 0 Å². The minimum atomic E-state index is 0.572. The van der Waals surface area contributed by atoms with E-state index >= 15 is 0 Å². The quantitative estimate of drug-likeness (QED) is 0.794. The lowest BCUT2D eigenvalue weighted by Crippen LogP contribution is -2.21. The Morgan fingerprint density at radius 3 is 2.92 bits per heavy atom. The normalized spacial score (nSPS) is 13.2. The molecule has 0 saturated heterocycles. The molecule has 0 bridgehead atoms. The van der Waals surface area contributed by atoms with Gasteiger partial charge in [0.05, 0.1) is 5.02 Å². The molecule has 0 amide bonds. The molecule has 1 atom stereocenters. The topological polar surface area (TPSA) is 12.0 Å². The molecular formula is C9H14ClNS. The van der Waals surface area contributed by atoms with E-state index in [1.807, 2.05) is 18.5 Å². The van der Waals surface area contributed by atoms with Gasteiger partial charge in [-0.2, -0.15) is 0 Å². The summed E-state index contributed by atoms with van der Waals surface area (Å²) in [6.45, 7) is 2.18. The van der Waals surface area contributed by atoms with Crippen molar-refractivity contribution in [1.29, 1.82) is 0 Å². The average Bonchev–Trinajstić information content (AvgIpc) is 2.47. The molecule has 0 radical (unpaired) electrons. The van der Waals surface area contributed by atoms with Crippen molar-refractivity contribution in [1.82, 2.24) is 5.32 Å². The Balaban J connectivity index is 2.38. The van der Waals surface area contributed by atoms with Crippen molar-refractivity contribution in [3.63, 3.8) is 0 Å². The Bertz CT molecular complexity index is 234. The molecule has 1 aromatic rings. The molecular weight excluding hydrogens is 190 g/mol. The first-order valence-corrected chi connectivity index (χ1v) is 5.39. The fraction of sp³-hybridized carbons (Fsp3) is 0.556. The van der Waals surface area contributed by atoms with Gasteiger partial charge in [-0.3, -0.25) is 0 Å². The highest BCUT2D eigenvalue weighted by molar-refractivity contribution is 7.10. The van der Waals surface area contributed by atoms with Gasteiger partial charge in [0.25, 0.3) is 0 Å². The van der Waals surface area contributed by atoms with Crippen LogP contribution in [0.2, 0.25) is 5.02 Å². The Kier molecular flexibility index (Phi) is 4.06. The van der Waals surface area contributed by atoms with E-state index in [0.29, 0.717) is 6.04 Å². The maximum Gasteiger partial charge on any atom is 0.0544 e. The Morgan fingerprint density at radius 1 is 1.67 bits per heavy atom. The lowest BCUT2D eigenvalue weighted by atomic mass is 10.1. The third kappa shape index (κ3) is 2.77. The molecule has 0 aromatic carbocycles. The van der Waals surface area contributed by atoms with Gasteiger partial charge in [-0.1, -0.05) is 11.6 Å². The Hall–Kier alpha value is -0.0500. The summed E-state index contributed by atoms with van der Waals surface area (Å²) in [6.07, 6.45) is 2.23. The number of halogens is 1. The minimum absolute atomic E-state index is 0.572. The van der Waals surface area contributed by atoms with Crippen LogP contribution in [0.1, 0.15) is 18.2 Å². The van der Waals surface area contributed by atoms with Gasteiger partial charge in [0.15, 0.2) is 0 Å². The van der Waals surface area contributed by atoms with E-state index < -0.39 is 0 Å². The van der Waals surface area contributed by atoms with Crippen molar-refractivity contribution in [2.75, 3.05) is 7.05 Å². The minimum Gasteiger partial charge on any atom is -0.317 e. The zero-order valence-corrected chi connectivity index (χ0v) is 9.00. The summed E-state index contributed by atoms with van der Waals surface area (Å²) in [5.74, 6) is 0. The third-order valence-electron chi connectivity index (χ3n) is 1.99. The predicted molar refractivity (Wildman–Crippen MR) is 56.2 cm³/mol. The van der Waals surface area contributed by atoms with Crippen LogP contribution >= 0.6 is 22.9 Å². The van der Waals surface area contributed by atoms with Gasteiger partial charge < -0.3 is 5.32 Å². The molecule has 0 aliphatic carbocycles. The molecule has 1 heterocycles.